The van der Waals surface area contributed by atoms with E-state index in [2.05, 4.69) is 4.90 Å². The van der Waals surface area contributed by atoms with E-state index in [0.29, 0.717) is 15.9 Å². The van der Waals surface area contributed by atoms with Crippen molar-refractivity contribution in [2.45, 2.75) is 58.3 Å². The highest BCUT2D eigenvalue weighted by Crippen LogP contribution is 2.40. The number of ketones is 1. The molecule has 5 heteroatoms. The van der Waals surface area contributed by atoms with E-state index in [1.807, 2.05) is 10.3 Å². The van der Waals surface area contributed by atoms with Crippen LogP contribution < -0.4 is 0 Å². The van der Waals surface area contributed by atoms with Crippen LogP contribution >= 0.6 is 11.3 Å². The molecule has 2 aliphatic heterocycles. The Morgan fingerprint density at radius 3 is 2.67 bits per heavy atom. The minimum atomic E-state index is 0.0441. The number of carbonyl (C=O) groups is 2. The molecule has 0 radical (unpaired) electrons. The summed E-state index contributed by atoms with van der Waals surface area (Å²) in [5.74, 6) is 1.05. The SMILES string of the molecule is CC(=O)c1cc(C(=O)N2CCC3(CCCN(CC4CCCCC4)C3)C2)cs1. The Balaban J connectivity index is 1.36. The molecule has 1 spiro atoms. The van der Waals surface area contributed by atoms with Crippen LogP contribution in [0.5, 0.6) is 0 Å². The quantitative estimate of drug-likeness (QED) is 0.715. The van der Waals surface area contributed by atoms with E-state index in [0.717, 1.165) is 32.0 Å². The van der Waals surface area contributed by atoms with Crippen LogP contribution in [0.1, 0.15) is 78.3 Å². The molecule has 0 aromatic carbocycles. The van der Waals surface area contributed by atoms with Gasteiger partial charge in [-0.2, -0.15) is 0 Å². The van der Waals surface area contributed by atoms with E-state index >= 15 is 0 Å². The van der Waals surface area contributed by atoms with E-state index < -0.39 is 0 Å². The molecule has 2 saturated heterocycles. The molecule has 1 saturated carbocycles. The van der Waals surface area contributed by atoms with Crippen LogP contribution in [-0.4, -0.2) is 54.2 Å². The first-order valence-corrected chi connectivity index (χ1v) is 11.5. The van der Waals surface area contributed by atoms with Gasteiger partial charge in [0.1, 0.15) is 0 Å². The van der Waals surface area contributed by atoms with Crippen molar-refractivity contribution in [1.82, 2.24) is 9.80 Å². The van der Waals surface area contributed by atoms with Gasteiger partial charge in [-0.1, -0.05) is 19.3 Å². The van der Waals surface area contributed by atoms with Crippen LogP contribution in [0.25, 0.3) is 0 Å². The van der Waals surface area contributed by atoms with Crippen molar-refractivity contribution < 1.29 is 9.59 Å². The second kappa shape index (κ2) is 8.04. The van der Waals surface area contributed by atoms with Crippen LogP contribution in [0.2, 0.25) is 0 Å². The van der Waals surface area contributed by atoms with E-state index in [-0.39, 0.29) is 11.7 Å². The van der Waals surface area contributed by atoms with Gasteiger partial charge in [-0.15, -0.1) is 11.3 Å². The second-order valence-corrected chi connectivity index (χ2v) is 9.99. The van der Waals surface area contributed by atoms with Crippen molar-refractivity contribution >= 4 is 23.0 Å². The zero-order valence-corrected chi connectivity index (χ0v) is 17.4. The van der Waals surface area contributed by atoms with E-state index in [4.69, 9.17) is 0 Å². The number of amides is 1. The number of nitrogens with zero attached hydrogens (tertiary/aromatic N) is 2. The molecule has 3 fully saturated rings. The topological polar surface area (TPSA) is 40.6 Å². The highest BCUT2D eigenvalue weighted by atomic mass is 32.1. The summed E-state index contributed by atoms with van der Waals surface area (Å²) in [6.45, 7) is 6.98. The summed E-state index contributed by atoms with van der Waals surface area (Å²) in [6.07, 6.45) is 10.7. The fraction of sp³-hybridized carbons (Fsp3) is 0.727. The summed E-state index contributed by atoms with van der Waals surface area (Å²) in [7, 11) is 0. The van der Waals surface area contributed by atoms with Gasteiger partial charge in [0, 0.05) is 37.0 Å². The highest BCUT2D eigenvalue weighted by molar-refractivity contribution is 7.12. The fourth-order valence-electron chi connectivity index (χ4n) is 5.46. The Hall–Kier alpha value is -1.20. The maximum absolute atomic E-state index is 12.9. The Bertz CT molecular complexity index is 694. The van der Waals surface area contributed by atoms with Gasteiger partial charge < -0.3 is 9.80 Å². The molecule has 4 rings (SSSR count). The van der Waals surface area contributed by atoms with Gasteiger partial charge in [-0.25, -0.2) is 0 Å². The molecule has 0 bridgehead atoms. The first-order valence-electron chi connectivity index (χ1n) is 10.7. The minimum Gasteiger partial charge on any atom is -0.338 e. The molecule has 0 N–H and O–H groups in total. The van der Waals surface area contributed by atoms with Crippen molar-refractivity contribution in [2.24, 2.45) is 11.3 Å². The van der Waals surface area contributed by atoms with Crippen LogP contribution in [0.3, 0.4) is 0 Å². The van der Waals surface area contributed by atoms with Crippen molar-refractivity contribution in [3.63, 3.8) is 0 Å². The Morgan fingerprint density at radius 1 is 1.11 bits per heavy atom. The number of hydrogen-bond donors (Lipinski definition) is 0. The molecule has 1 unspecified atom stereocenters. The Kier molecular flexibility index (Phi) is 5.70. The Labute approximate surface area is 166 Å². The van der Waals surface area contributed by atoms with Crippen LogP contribution in [0.4, 0.5) is 0 Å². The normalized spacial score (nSPS) is 27.4. The number of rotatable bonds is 4. The lowest BCUT2D eigenvalue weighted by molar-refractivity contribution is 0.0630. The average molecular weight is 389 g/mol. The standard InChI is InChI=1S/C22H32N2O2S/c1-17(25)20-12-19(14-27-20)21(26)24-11-9-22(16-24)8-5-10-23(15-22)13-18-6-3-2-4-7-18/h12,14,18H,2-11,13,15-16H2,1H3. The maximum Gasteiger partial charge on any atom is 0.254 e. The number of Topliss-reactive ketones (excluding diaryl/α,β-unsaturated/α-hetero) is 1. The molecule has 1 amide bonds. The number of thiophene rings is 1. The van der Waals surface area contributed by atoms with Crippen LogP contribution in [0.15, 0.2) is 11.4 Å². The lowest BCUT2D eigenvalue weighted by Gasteiger charge is -2.42. The third-order valence-corrected chi connectivity index (χ3v) is 7.93. The van der Waals surface area contributed by atoms with Gasteiger partial charge in [0.15, 0.2) is 5.78 Å². The summed E-state index contributed by atoms with van der Waals surface area (Å²) < 4.78 is 0. The predicted octanol–water partition coefficient (Wildman–Crippen LogP) is 4.46. The predicted molar refractivity (Wildman–Crippen MR) is 110 cm³/mol. The average Bonchev–Trinajstić information content (AvgIpc) is 3.30. The van der Waals surface area contributed by atoms with Gasteiger partial charge in [0.25, 0.3) is 5.91 Å². The van der Waals surface area contributed by atoms with Gasteiger partial charge in [-0.3, -0.25) is 9.59 Å². The third-order valence-electron chi connectivity index (χ3n) is 6.90. The van der Waals surface area contributed by atoms with Gasteiger partial charge in [0.05, 0.1) is 10.4 Å². The van der Waals surface area contributed by atoms with Crippen molar-refractivity contribution in [3.8, 4) is 0 Å². The number of piperidine rings is 1. The summed E-state index contributed by atoms with van der Waals surface area (Å²) >= 11 is 1.39. The molecular formula is C22H32N2O2S. The summed E-state index contributed by atoms with van der Waals surface area (Å²) in [4.78, 5) is 29.9. The van der Waals surface area contributed by atoms with E-state index in [1.165, 1.54) is 69.4 Å². The van der Waals surface area contributed by atoms with Gasteiger partial charge in [-0.05, 0) is 57.6 Å². The van der Waals surface area contributed by atoms with E-state index in [1.54, 1.807) is 13.0 Å². The summed E-state index contributed by atoms with van der Waals surface area (Å²) in [6, 6.07) is 1.77. The highest BCUT2D eigenvalue weighted by Gasteiger charge is 2.43. The molecule has 1 aliphatic carbocycles. The van der Waals surface area contributed by atoms with Crippen LogP contribution in [-0.2, 0) is 0 Å². The van der Waals surface area contributed by atoms with Crippen molar-refractivity contribution in [3.05, 3.63) is 21.9 Å². The monoisotopic (exact) mass is 388 g/mol. The summed E-state index contributed by atoms with van der Waals surface area (Å²) in [5, 5.41) is 1.85. The zero-order valence-electron chi connectivity index (χ0n) is 16.5. The van der Waals surface area contributed by atoms with Crippen molar-refractivity contribution in [2.75, 3.05) is 32.7 Å². The second-order valence-electron chi connectivity index (χ2n) is 9.08. The molecular weight excluding hydrogens is 356 g/mol. The van der Waals surface area contributed by atoms with E-state index in [9.17, 15) is 9.59 Å². The smallest absolute Gasteiger partial charge is 0.254 e. The van der Waals surface area contributed by atoms with Crippen LogP contribution in [0, 0.1) is 11.3 Å². The Morgan fingerprint density at radius 2 is 1.93 bits per heavy atom. The summed E-state index contributed by atoms with van der Waals surface area (Å²) in [5.41, 5.74) is 0.985. The number of likely N-dealkylation sites (tertiary alicyclic amines) is 2. The number of carbonyl (C=O) groups excluding carboxylic acids is 2. The van der Waals surface area contributed by atoms with Crippen molar-refractivity contribution in [1.29, 1.82) is 0 Å². The minimum absolute atomic E-state index is 0.0441. The first-order chi connectivity index (χ1) is 13.0. The first kappa shape index (κ1) is 19.1. The largest absolute Gasteiger partial charge is 0.338 e. The lowest BCUT2D eigenvalue weighted by Crippen LogP contribution is -2.47. The molecule has 4 nitrogen and oxygen atoms in total. The molecule has 3 heterocycles. The molecule has 1 aromatic rings. The molecule has 3 aliphatic rings. The molecule has 1 atom stereocenters. The van der Waals surface area contributed by atoms with Gasteiger partial charge >= 0.3 is 0 Å². The fourth-order valence-corrected chi connectivity index (χ4v) is 6.24. The lowest BCUT2D eigenvalue weighted by atomic mass is 9.78. The molecule has 148 valence electrons. The number of hydrogen-bond acceptors (Lipinski definition) is 4. The molecule has 1 aromatic heterocycles. The third kappa shape index (κ3) is 4.29. The maximum atomic E-state index is 12.9. The molecule has 27 heavy (non-hydrogen) atoms. The van der Waals surface area contributed by atoms with Gasteiger partial charge in [0.2, 0.25) is 0 Å². The zero-order chi connectivity index (χ0) is 18.9.